The minimum atomic E-state index is -0.328. The van der Waals surface area contributed by atoms with E-state index in [0.29, 0.717) is 46.8 Å². The van der Waals surface area contributed by atoms with Crippen LogP contribution in [0, 0.1) is 24.1 Å². The number of anilines is 3. The fourth-order valence-corrected chi connectivity index (χ4v) is 5.67. The van der Waals surface area contributed by atoms with Gasteiger partial charge in [0.1, 0.15) is 22.2 Å². The number of halogens is 1. The molecular formula is C27H26FN7S. The van der Waals surface area contributed by atoms with Gasteiger partial charge in [-0.05, 0) is 57.0 Å². The van der Waals surface area contributed by atoms with Crippen LogP contribution in [0.25, 0.3) is 22.2 Å². The first-order valence-electron chi connectivity index (χ1n) is 12.2. The van der Waals surface area contributed by atoms with Gasteiger partial charge in [-0.2, -0.15) is 5.26 Å². The summed E-state index contributed by atoms with van der Waals surface area (Å²) in [7, 11) is 0. The van der Waals surface area contributed by atoms with E-state index in [1.54, 1.807) is 12.3 Å². The molecule has 3 aromatic heterocycles. The van der Waals surface area contributed by atoms with E-state index in [1.807, 2.05) is 32.0 Å². The van der Waals surface area contributed by atoms with E-state index in [-0.39, 0.29) is 11.9 Å². The molecule has 1 aliphatic carbocycles. The van der Waals surface area contributed by atoms with Gasteiger partial charge < -0.3 is 15.5 Å². The molecule has 2 aliphatic rings. The first kappa shape index (κ1) is 22.8. The molecule has 36 heavy (non-hydrogen) atoms. The van der Waals surface area contributed by atoms with Gasteiger partial charge in [-0.15, -0.1) is 0 Å². The molecule has 0 unspecified atom stereocenters. The summed E-state index contributed by atoms with van der Waals surface area (Å²) < 4.78 is 15.5. The van der Waals surface area contributed by atoms with Crippen molar-refractivity contribution in [1.29, 1.82) is 5.26 Å². The molecule has 9 heteroatoms. The molecule has 0 bridgehead atoms. The van der Waals surface area contributed by atoms with E-state index < -0.39 is 0 Å². The lowest BCUT2D eigenvalue weighted by Gasteiger charge is -2.39. The second kappa shape index (κ2) is 8.80. The Bertz CT molecular complexity index is 1500. The molecule has 2 fully saturated rings. The van der Waals surface area contributed by atoms with Crippen molar-refractivity contribution in [3.05, 3.63) is 58.6 Å². The van der Waals surface area contributed by atoms with Crippen LogP contribution in [0.1, 0.15) is 41.9 Å². The van der Waals surface area contributed by atoms with Crippen LogP contribution in [0.4, 0.5) is 20.9 Å². The Hall–Kier alpha value is -3.61. The fourth-order valence-electron chi connectivity index (χ4n) is 4.70. The zero-order valence-corrected chi connectivity index (χ0v) is 21.0. The van der Waals surface area contributed by atoms with Crippen molar-refractivity contribution < 1.29 is 4.39 Å². The molecule has 4 aromatic rings. The molecule has 1 aliphatic heterocycles. The molecule has 2 N–H and O–H groups in total. The van der Waals surface area contributed by atoms with Gasteiger partial charge in [0.05, 0.1) is 5.69 Å². The second-order valence-electron chi connectivity index (χ2n) is 9.55. The van der Waals surface area contributed by atoms with Gasteiger partial charge in [0.2, 0.25) is 0 Å². The van der Waals surface area contributed by atoms with E-state index in [4.69, 9.17) is 15.7 Å². The summed E-state index contributed by atoms with van der Waals surface area (Å²) in [4.78, 5) is 18.7. The molecule has 0 spiro atoms. The predicted octanol–water partition coefficient (Wildman–Crippen LogP) is 5.26. The first-order chi connectivity index (χ1) is 17.4. The van der Waals surface area contributed by atoms with Crippen LogP contribution < -0.4 is 15.5 Å². The second-order valence-corrected chi connectivity index (χ2v) is 10.5. The topological polar surface area (TPSA) is 95.0 Å². The van der Waals surface area contributed by atoms with Crippen LogP contribution in [-0.4, -0.2) is 40.6 Å². The summed E-state index contributed by atoms with van der Waals surface area (Å²) in [6, 6.07) is 11.9. The summed E-state index contributed by atoms with van der Waals surface area (Å²) in [5.74, 6) is 0.0329. The average molecular weight is 500 g/mol. The normalized spacial score (nSPS) is 15.7. The molecule has 1 saturated carbocycles. The van der Waals surface area contributed by atoms with Crippen LogP contribution in [0.15, 0.2) is 36.5 Å². The fraction of sp³-hybridized carbons (Fsp3) is 0.333. The standard InChI is InChI=1S/C27H26FN7S/c1-3-35(27-33-25(24(11-29)36-27)17-5-4-15(2)31-12-17)23-10-22(16-6-7-16)32-26-20(23)8-19(9-21(26)28)34-13-18(30)14-34/h4-5,8-10,12,16,18H,3,6-7,13-14,30H2,1-2H3. The van der Waals surface area contributed by atoms with Crippen molar-refractivity contribution in [3.8, 4) is 17.3 Å². The summed E-state index contributed by atoms with van der Waals surface area (Å²) in [5, 5.41) is 11.3. The molecule has 6 rings (SSSR count). The van der Waals surface area contributed by atoms with Crippen molar-refractivity contribution in [2.75, 3.05) is 29.4 Å². The van der Waals surface area contributed by atoms with Crippen LogP contribution in [0.5, 0.6) is 0 Å². The number of pyridine rings is 2. The van der Waals surface area contributed by atoms with Crippen molar-refractivity contribution in [2.24, 2.45) is 5.73 Å². The van der Waals surface area contributed by atoms with Crippen molar-refractivity contribution in [1.82, 2.24) is 15.0 Å². The van der Waals surface area contributed by atoms with Gasteiger partial charge in [-0.3, -0.25) is 4.98 Å². The Morgan fingerprint density at radius 2 is 2.03 bits per heavy atom. The summed E-state index contributed by atoms with van der Waals surface area (Å²) in [6.07, 6.45) is 3.88. The number of hydrogen-bond donors (Lipinski definition) is 1. The predicted molar refractivity (Wildman–Crippen MR) is 141 cm³/mol. The number of hydrogen-bond acceptors (Lipinski definition) is 8. The quantitative estimate of drug-likeness (QED) is 0.387. The number of nitriles is 1. The maximum atomic E-state index is 15.5. The summed E-state index contributed by atoms with van der Waals surface area (Å²) >= 11 is 1.34. The van der Waals surface area contributed by atoms with E-state index in [1.165, 1.54) is 11.3 Å². The Balaban J connectivity index is 1.51. The maximum Gasteiger partial charge on any atom is 0.191 e. The molecule has 1 aromatic carbocycles. The summed E-state index contributed by atoms with van der Waals surface area (Å²) in [5.41, 5.74) is 11.3. The molecule has 0 amide bonds. The third kappa shape index (κ3) is 3.96. The van der Waals surface area contributed by atoms with Crippen LogP contribution in [0.3, 0.4) is 0 Å². The Morgan fingerprint density at radius 1 is 1.22 bits per heavy atom. The largest absolute Gasteiger partial charge is 0.368 e. The molecular weight excluding hydrogens is 473 g/mol. The molecule has 4 heterocycles. The number of aryl methyl sites for hydroxylation is 1. The van der Waals surface area contributed by atoms with Crippen LogP contribution in [-0.2, 0) is 0 Å². The highest BCUT2D eigenvalue weighted by Crippen LogP contribution is 2.45. The highest BCUT2D eigenvalue weighted by atomic mass is 32.1. The monoisotopic (exact) mass is 499 g/mol. The number of rotatable bonds is 6. The number of benzene rings is 1. The van der Waals surface area contributed by atoms with Crippen LogP contribution in [0.2, 0.25) is 0 Å². The molecule has 1 saturated heterocycles. The van der Waals surface area contributed by atoms with Crippen molar-refractivity contribution >= 4 is 38.7 Å². The highest BCUT2D eigenvalue weighted by Gasteiger charge is 2.30. The number of nitrogens with two attached hydrogens (primary N) is 1. The Morgan fingerprint density at radius 3 is 2.67 bits per heavy atom. The minimum Gasteiger partial charge on any atom is -0.368 e. The molecule has 182 valence electrons. The third-order valence-corrected chi connectivity index (χ3v) is 7.84. The van der Waals surface area contributed by atoms with Crippen molar-refractivity contribution in [3.63, 3.8) is 0 Å². The zero-order valence-electron chi connectivity index (χ0n) is 20.2. The van der Waals surface area contributed by atoms with Gasteiger partial charge in [-0.25, -0.2) is 14.4 Å². The third-order valence-electron chi connectivity index (χ3n) is 6.86. The van der Waals surface area contributed by atoms with E-state index >= 15 is 4.39 Å². The number of fused-ring (bicyclic) bond motifs is 1. The maximum absolute atomic E-state index is 15.5. The highest BCUT2D eigenvalue weighted by molar-refractivity contribution is 7.16. The smallest absolute Gasteiger partial charge is 0.191 e. The summed E-state index contributed by atoms with van der Waals surface area (Å²) in [6.45, 7) is 5.98. The SMILES string of the molecule is CCN(c1nc(-c2ccc(C)nc2)c(C#N)s1)c1cc(C2CC2)nc2c(F)cc(N3CC(N)C3)cc12. The molecule has 0 atom stereocenters. The van der Waals surface area contributed by atoms with Gasteiger partial charge in [0, 0.05) is 65.8 Å². The number of nitrogens with zero attached hydrogens (tertiary/aromatic N) is 6. The zero-order chi connectivity index (χ0) is 25.0. The number of aromatic nitrogens is 3. The number of thiazole rings is 1. The van der Waals surface area contributed by atoms with E-state index in [0.717, 1.165) is 46.6 Å². The lowest BCUT2D eigenvalue weighted by Crippen LogP contribution is -2.55. The average Bonchev–Trinajstić information content (AvgIpc) is 3.62. The van der Waals surface area contributed by atoms with Gasteiger partial charge in [0.15, 0.2) is 10.9 Å². The lowest BCUT2D eigenvalue weighted by molar-refractivity contribution is 0.518. The molecule has 7 nitrogen and oxygen atoms in total. The van der Waals surface area contributed by atoms with Gasteiger partial charge in [-0.1, -0.05) is 11.3 Å². The Kier molecular flexibility index (Phi) is 5.58. The minimum absolute atomic E-state index is 0.111. The van der Waals surface area contributed by atoms with Crippen molar-refractivity contribution in [2.45, 2.75) is 38.6 Å². The lowest BCUT2D eigenvalue weighted by atomic mass is 10.0. The van der Waals surface area contributed by atoms with Crippen LogP contribution >= 0.6 is 11.3 Å². The van der Waals surface area contributed by atoms with Gasteiger partial charge >= 0.3 is 0 Å². The first-order valence-corrected chi connectivity index (χ1v) is 13.0. The van der Waals surface area contributed by atoms with E-state index in [9.17, 15) is 5.26 Å². The van der Waals surface area contributed by atoms with E-state index in [2.05, 4.69) is 26.9 Å². The Labute approximate surface area is 213 Å². The molecule has 0 radical (unpaired) electrons. The van der Waals surface area contributed by atoms with Gasteiger partial charge in [0.25, 0.3) is 0 Å².